The molecule has 0 radical (unpaired) electrons. The molecule has 100 valence electrons. The number of nitrogens with one attached hydrogen (secondary N) is 1. The molecule has 0 aliphatic carbocycles. The van der Waals surface area contributed by atoms with Gasteiger partial charge in [-0.05, 0) is 12.0 Å². The van der Waals surface area contributed by atoms with Gasteiger partial charge < -0.3 is 5.32 Å². The van der Waals surface area contributed by atoms with Crippen molar-refractivity contribution < 1.29 is 0 Å². The molecule has 2 nitrogen and oxygen atoms in total. The maximum atomic E-state index is 4.04. The van der Waals surface area contributed by atoms with Gasteiger partial charge in [-0.2, -0.15) is 0 Å². The Morgan fingerprint density at radius 3 is 2.89 bits per heavy atom. The van der Waals surface area contributed by atoms with Crippen molar-refractivity contribution in [2.75, 3.05) is 19.6 Å². The minimum absolute atomic E-state index is 0.176. The lowest BCUT2D eigenvalue weighted by molar-refractivity contribution is 0.124. The topological polar surface area (TPSA) is 15.3 Å². The summed E-state index contributed by atoms with van der Waals surface area (Å²) in [4.78, 5) is 2.54. The van der Waals surface area contributed by atoms with Crippen molar-refractivity contribution in [1.82, 2.24) is 10.2 Å². The van der Waals surface area contributed by atoms with Crippen LogP contribution < -0.4 is 5.32 Å². The molecule has 1 spiro atoms. The fraction of sp³-hybridized carbons (Fsp3) is 0.412. The highest BCUT2D eigenvalue weighted by Crippen LogP contribution is 2.33. The minimum Gasteiger partial charge on any atom is -0.304 e. The van der Waals surface area contributed by atoms with Gasteiger partial charge in [0.2, 0.25) is 0 Å². The van der Waals surface area contributed by atoms with Gasteiger partial charge in [-0.15, -0.1) is 6.58 Å². The lowest BCUT2D eigenvalue weighted by Gasteiger charge is -2.44. The van der Waals surface area contributed by atoms with E-state index in [9.17, 15) is 0 Å². The van der Waals surface area contributed by atoms with Gasteiger partial charge in [0.15, 0.2) is 0 Å². The fourth-order valence-corrected chi connectivity index (χ4v) is 3.33. The maximum absolute atomic E-state index is 4.04. The molecular weight excluding hydrogens is 232 g/mol. The third-order valence-corrected chi connectivity index (χ3v) is 4.46. The Balaban J connectivity index is 1.68. The van der Waals surface area contributed by atoms with Crippen LogP contribution >= 0.6 is 0 Å². The van der Waals surface area contributed by atoms with E-state index in [0.29, 0.717) is 5.92 Å². The molecular formula is C17H22N2. The second-order valence-corrected chi connectivity index (χ2v) is 5.64. The molecule has 0 amide bonds. The van der Waals surface area contributed by atoms with Crippen molar-refractivity contribution >= 4 is 0 Å². The van der Waals surface area contributed by atoms with Gasteiger partial charge in [-0.3, -0.25) is 4.90 Å². The molecule has 1 aromatic carbocycles. The van der Waals surface area contributed by atoms with Crippen LogP contribution in [0.25, 0.3) is 0 Å². The Morgan fingerprint density at radius 2 is 2.21 bits per heavy atom. The van der Waals surface area contributed by atoms with Crippen molar-refractivity contribution in [2.45, 2.75) is 18.5 Å². The van der Waals surface area contributed by atoms with Crippen LogP contribution in [0.1, 0.15) is 12.0 Å². The number of piperidine rings is 1. The summed E-state index contributed by atoms with van der Waals surface area (Å²) in [7, 11) is 0. The quantitative estimate of drug-likeness (QED) is 0.834. The third-order valence-electron chi connectivity index (χ3n) is 4.46. The molecule has 19 heavy (non-hydrogen) atoms. The lowest BCUT2D eigenvalue weighted by Crippen LogP contribution is -2.55. The number of rotatable bonds is 3. The molecule has 1 aromatic rings. The van der Waals surface area contributed by atoms with Crippen molar-refractivity contribution in [1.29, 1.82) is 0 Å². The molecule has 2 aliphatic heterocycles. The van der Waals surface area contributed by atoms with Gasteiger partial charge in [0.05, 0.1) is 0 Å². The smallest absolute Gasteiger partial charge is 0.0455 e. The van der Waals surface area contributed by atoms with Crippen LogP contribution in [0.5, 0.6) is 0 Å². The largest absolute Gasteiger partial charge is 0.304 e. The van der Waals surface area contributed by atoms with Crippen molar-refractivity contribution in [3.8, 4) is 0 Å². The number of nitrogens with zero attached hydrogens (tertiary/aromatic N) is 1. The van der Waals surface area contributed by atoms with E-state index in [1.165, 1.54) is 12.0 Å². The highest BCUT2D eigenvalue weighted by molar-refractivity contribution is 5.22. The zero-order chi connectivity index (χ0) is 13.1. The summed E-state index contributed by atoms with van der Waals surface area (Å²) in [5.41, 5.74) is 1.57. The normalized spacial score (nSPS) is 30.8. The van der Waals surface area contributed by atoms with E-state index in [1.807, 2.05) is 0 Å². The molecule has 2 aliphatic rings. The van der Waals surface area contributed by atoms with Crippen molar-refractivity contribution in [3.63, 3.8) is 0 Å². The van der Waals surface area contributed by atoms with Gasteiger partial charge >= 0.3 is 0 Å². The summed E-state index contributed by atoms with van der Waals surface area (Å²) in [6, 6.07) is 10.7. The standard InChI is InChI=1S/C17H22N2/c1-2-16-14-19(13-15-7-4-3-5-8-15)12-10-17(16)9-6-11-18-17/h2-9,16,18H,1,10-14H2/t16-,17-/m0/s1. The van der Waals surface area contributed by atoms with E-state index in [0.717, 1.165) is 26.2 Å². The first-order valence-corrected chi connectivity index (χ1v) is 7.14. The Morgan fingerprint density at radius 1 is 1.37 bits per heavy atom. The highest BCUT2D eigenvalue weighted by Gasteiger charge is 2.40. The molecule has 0 aromatic heterocycles. The van der Waals surface area contributed by atoms with Crippen LogP contribution in [-0.4, -0.2) is 30.1 Å². The minimum atomic E-state index is 0.176. The number of hydrogen-bond donors (Lipinski definition) is 1. The molecule has 2 heterocycles. The van der Waals surface area contributed by atoms with Gasteiger partial charge in [0.25, 0.3) is 0 Å². The van der Waals surface area contributed by atoms with Crippen LogP contribution in [0.4, 0.5) is 0 Å². The van der Waals surface area contributed by atoms with Crippen molar-refractivity contribution in [2.24, 2.45) is 5.92 Å². The molecule has 1 N–H and O–H groups in total. The van der Waals surface area contributed by atoms with Crippen LogP contribution in [-0.2, 0) is 6.54 Å². The van der Waals surface area contributed by atoms with Gasteiger partial charge in [0.1, 0.15) is 0 Å². The number of likely N-dealkylation sites (tertiary alicyclic amines) is 1. The Labute approximate surface area is 115 Å². The monoisotopic (exact) mass is 254 g/mol. The second kappa shape index (κ2) is 5.32. The fourth-order valence-electron chi connectivity index (χ4n) is 3.33. The predicted molar refractivity (Wildman–Crippen MR) is 79.9 cm³/mol. The van der Waals surface area contributed by atoms with Crippen LogP contribution in [0.3, 0.4) is 0 Å². The van der Waals surface area contributed by atoms with Gasteiger partial charge in [-0.1, -0.05) is 48.6 Å². The van der Waals surface area contributed by atoms with Crippen LogP contribution in [0, 0.1) is 5.92 Å². The van der Waals surface area contributed by atoms with E-state index in [-0.39, 0.29) is 5.54 Å². The summed E-state index contributed by atoms with van der Waals surface area (Å²) in [6.45, 7) is 8.34. The van der Waals surface area contributed by atoms with Crippen molar-refractivity contribution in [3.05, 3.63) is 60.7 Å². The first-order valence-electron chi connectivity index (χ1n) is 7.14. The Kier molecular flexibility index (Phi) is 3.54. The first kappa shape index (κ1) is 12.6. The predicted octanol–water partition coefficient (Wildman–Crippen LogP) is 2.59. The van der Waals surface area contributed by atoms with E-state index in [4.69, 9.17) is 0 Å². The molecule has 0 bridgehead atoms. The third kappa shape index (κ3) is 2.51. The van der Waals surface area contributed by atoms with E-state index >= 15 is 0 Å². The number of benzene rings is 1. The summed E-state index contributed by atoms with van der Waals surface area (Å²) in [5.74, 6) is 0.503. The van der Waals surface area contributed by atoms with Gasteiger partial charge in [-0.25, -0.2) is 0 Å². The van der Waals surface area contributed by atoms with Crippen LogP contribution in [0.15, 0.2) is 55.1 Å². The van der Waals surface area contributed by atoms with Gasteiger partial charge in [0, 0.05) is 37.6 Å². The van der Waals surface area contributed by atoms with E-state index in [2.05, 4.69) is 65.4 Å². The zero-order valence-electron chi connectivity index (χ0n) is 11.4. The molecule has 0 unspecified atom stereocenters. The molecule has 3 rings (SSSR count). The summed E-state index contributed by atoms with van der Waals surface area (Å²) < 4.78 is 0. The first-order chi connectivity index (χ1) is 9.32. The number of hydrogen-bond acceptors (Lipinski definition) is 2. The summed E-state index contributed by atoms with van der Waals surface area (Å²) >= 11 is 0. The van der Waals surface area contributed by atoms with Crippen LogP contribution in [0.2, 0.25) is 0 Å². The Bertz CT molecular complexity index is 465. The lowest BCUT2D eigenvalue weighted by atomic mass is 9.78. The molecule has 2 heteroatoms. The average Bonchev–Trinajstić information content (AvgIpc) is 2.92. The van der Waals surface area contributed by atoms with E-state index < -0.39 is 0 Å². The summed E-state index contributed by atoms with van der Waals surface area (Å²) in [6.07, 6.45) is 7.91. The Hall–Kier alpha value is -1.38. The van der Waals surface area contributed by atoms with E-state index in [1.54, 1.807) is 0 Å². The average molecular weight is 254 g/mol. The maximum Gasteiger partial charge on any atom is 0.0455 e. The zero-order valence-corrected chi connectivity index (χ0v) is 11.4. The SMILES string of the molecule is C=C[C@H]1CN(Cc2ccccc2)CC[C@@]12C=CCN2. The highest BCUT2D eigenvalue weighted by atomic mass is 15.2. The molecule has 0 saturated carbocycles. The molecule has 1 saturated heterocycles. The summed E-state index contributed by atoms with van der Waals surface area (Å²) in [5, 5.41) is 3.65. The molecule has 2 atom stereocenters. The second-order valence-electron chi connectivity index (χ2n) is 5.64. The molecule has 1 fully saturated rings.